The molecule has 52 heavy (non-hydrogen) atoms. The maximum atomic E-state index is 16.0. The smallest absolute Gasteiger partial charge is 0.313 e. The second-order valence-corrected chi connectivity index (χ2v) is 13.8. The van der Waals surface area contributed by atoms with E-state index < -0.39 is 51.1 Å². The van der Waals surface area contributed by atoms with Gasteiger partial charge in [-0.25, -0.2) is 4.90 Å². The Morgan fingerprint density at radius 2 is 1.13 bits per heavy atom. The number of carbonyl (C=O) groups is 4. The van der Waals surface area contributed by atoms with Gasteiger partial charge in [-0.05, 0) is 69.8 Å². The number of esters is 1. The average Bonchev–Trinajstić information content (AvgIpc) is 3.65. The van der Waals surface area contributed by atoms with Gasteiger partial charge in [0.1, 0.15) is 0 Å². The van der Waals surface area contributed by atoms with Crippen molar-refractivity contribution in [2.45, 2.75) is 17.8 Å². The number of nitro groups is 1. The highest BCUT2D eigenvalue weighted by Gasteiger charge is 2.82. The third-order valence-corrected chi connectivity index (χ3v) is 10.9. The summed E-state index contributed by atoms with van der Waals surface area (Å²) in [4.78, 5) is 70.5. The monoisotopic (exact) mass is 728 g/mol. The fourth-order valence-corrected chi connectivity index (χ4v) is 8.89. The van der Waals surface area contributed by atoms with Gasteiger partial charge in [0.2, 0.25) is 17.6 Å². The Balaban J connectivity index is 1.49. The Morgan fingerprint density at radius 3 is 1.54 bits per heavy atom. The van der Waals surface area contributed by atoms with Gasteiger partial charge >= 0.3 is 11.7 Å². The van der Waals surface area contributed by atoms with E-state index in [2.05, 4.69) is 0 Å². The van der Waals surface area contributed by atoms with E-state index in [0.717, 1.165) is 17.9 Å². The molecule has 1 saturated carbocycles. The molecule has 5 aromatic carbocycles. The van der Waals surface area contributed by atoms with Gasteiger partial charge < -0.3 is 4.74 Å². The molecule has 2 aliphatic carbocycles. The Labute approximate surface area is 307 Å². The first kappa shape index (κ1) is 33.3. The lowest BCUT2D eigenvalue weighted by Crippen LogP contribution is -2.45. The van der Waals surface area contributed by atoms with Gasteiger partial charge in [-0.1, -0.05) is 108 Å². The zero-order chi connectivity index (χ0) is 36.5. The van der Waals surface area contributed by atoms with Crippen molar-refractivity contribution < 1.29 is 28.8 Å². The Hall–Kier alpha value is -5.90. The summed E-state index contributed by atoms with van der Waals surface area (Å²) < 4.78 is 5.06. The lowest BCUT2D eigenvalue weighted by molar-refractivity contribution is -0.385. The Bertz CT molecular complexity index is 2250. The van der Waals surface area contributed by atoms with Crippen molar-refractivity contribution in [2.24, 2.45) is 11.8 Å². The molecule has 3 aliphatic rings. The van der Waals surface area contributed by atoms with Crippen molar-refractivity contribution in [3.63, 3.8) is 0 Å². The van der Waals surface area contributed by atoms with E-state index in [0.29, 0.717) is 43.4 Å². The topological polar surface area (TPSA) is 124 Å². The van der Waals surface area contributed by atoms with E-state index in [1.807, 2.05) is 60.7 Å². The fourth-order valence-electron chi connectivity index (χ4n) is 8.64. The van der Waals surface area contributed by atoms with Crippen LogP contribution in [0.3, 0.4) is 0 Å². The van der Waals surface area contributed by atoms with Crippen LogP contribution < -0.4 is 9.64 Å². The number of fused-ring (bicyclic) bond motifs is 5. The molecule has 256 valence electrons. The van der Waals surface area contributed by atoms with Gasteiger partial charge in [-0.15, -0.1) is 0 Å². The number of hydrogen-bond donors (Lipinski definition) is 0. The van der Waals surface area contributed by atoms with Crippen molar-refractivity contribution in [3.8, 4) is 5.75 Å². The van der Waals surface area contributed by atoms with E-state index in [1.54, 1.807) is 48.5 Å². The number of amides is 2. The van der Waals surface area contributed by atoms with E-state index >= 15 is 14.4 Å². The van der Waals surface area contributed by atoms with Crippen LogP contribution in [-0.4, -0.2) is 28.5 Å². The van der Waals surface area contributed by atoms with E-state index in [4.69, 9.17) is 27.9 Å². The SMILES string of the molecule is CC(=O)Oc1ccc(N2C(=O)[C@@H]3[C@H](C2=O)[C@@]2(c4ccc(Cl)cc4)C(=O)[C@@]3(c3ccc(Cl)cc3)C(c3ccccc3)=C2c2ccccc2)cc1[N+](=O)[O-]. The standard InChI is InChI=1S/C41H26Cl2N2O7/c1-23(46)52-32-21-20-30(22-31(32)45(50)51)44-37(47)35-36(38(44)48)41(27-14-18-29(43)19-15-27)34(25-10-6-3-7-11-25)33(24-8-4-2-5-9-24)40(35,39(41)49)26-12-16-28(42)17-13-26/h2-22,35-36H,1H3/t35-,36+,40-,41-/m0/s1. The summed E-state index contributed by atoms with van der Waals surface area (Å²) in [5.74, 6) is -5.44. The second-order valence-electron chi connectivity index (χ2n) is 12.9. The molecule has 0 aromatic heterocycles. The number of nitrogens with zero attached hydrogens (tertiary/aromatic N) is 2. The molecule has 1 heterocycles. The van der Waals surface area contributed by atoms with Crippen LogP contribution in [0.5, 0.6) is 5.75 Å². The lowest BCUT2D eigenvalue weighted by Gasteiger charge is -2.39. The molecule has 9 nitrogen and oxygen atoms in total. The molecule has 8 rings (SSSR count). The second kappa shape index (κ2) is 12.1. The van der Waals surface area contributed by atoms with Gasteiger partial charge in [-0.2, -0.15) is 0 Å². The summed E-state index contributed by atoms with van der Waals surface area (Å²) in [6, 6.07) is 35.6. The van der Waals surface area contributed by atoms with Crippen LogP contribution in [0.4, 0.5) is 11.4 Å². The molecular weight excluding hydrogens is 703 g/mol. The van der Waals surface area contributed by atoms with Crippen LogP contribution >= 0.6 is 23.2 Å². The number of benzene rings is 5. The number of anilines is 1. The van der Waals surface area contributed by atoms with Crippen LogP contribution in [-0.2, 0) is 30.0 Å². The first-order valence-electron chi connectivity index (χ1n) is 16.3. The van der Waals surface area contributed by atoms with Crippen LogP contribution in [0.25, 0.3) is 11.1 Å². The first-order valence-corrected chi connectivity index (χ1v) is 17.1. The Morgan fingerprint density at radius 1 is 0.692 bits per heavy atom. The highest BCUT2D eigenvalue weighted by atomic mass is 35.5. The van der Waals surface area contributed by atoms with Crippen LogP contribution in [0, 0.1) is 22.0 Å². The molecule has 0 radical (unpaired) electrons. The third kappa shape index (κ3) is 4.49. The Kier molecular flexibility index (Phi) is 7.75. The predicted molar refractivity (Wildman–Crippen MR) is 195 cm³/mol. The molecule has 5 aromatic rings. The third-order valence-electron chi connectivity index (χ3n) is 10.4. The van der Waals surface area contributed by atoms with Crippen LogP contribution in [0.15, 0.2) is 127 Å². The number of nitro benzene ring substituents is 1. The van der Waals surface area contributed by atoms with Crippen molar-refractivity contribution in [3.05, 3.63) is 170 Å². The van der Waals surface area contributed by atoms with Crippen LogP contribution in [0.1, 0.15) is 29.2 Å². The number of ether oxygens (including phenoxy) is 1. The van der Waals surface area contributed by atoms with Crippen molar-refractivity contribution in [1.82, 2.24) is 0 Å². The summed E-state index contributed by atoms with van der Waals surface area (Å²) in [5.41, 5.74) is -0.703. The minimum atomic E-state index is -1.72. The molecular formula is C41H26Cl2N2O7. The average molecular weight is 730 g/mol. The van der Waals surface area contributed by atoms with Crippen molar-refractivity contribution in [2.75, 3.05) is 4.90 Å². The number of carbonyl (C=O) groups excluding carboxylic acids is 4. The van der Waals surface area contributed by atoms with Gasteiger partial charge in [0.15, 0.2) is 5.78 Å². The number of halogens is 2. The molecule has 2 bridgehead atoms. The van der Waals surface area contributed by atoms with E-state index in [1.165, 1.54) is 12.1 Å². The van der Waals surface area contributed by atoms with Crippen molar-refractivity contribution >= 4 is 69.3 Å². The lowest BCUT2D eigenvalue weighted by atomic mass is 9.59. The first-order chi connectivity index (χ1) is 25.0. The highest BCUT2D eigenvalue weighted by molar-refractivity contribution is 6.39. The minimum Gasteiger partial charge on any atom is -0.419 e. The quantitative estimate of drug-likeness (QED) is 0.0547. The number of ketones is 1. The van der Waals surface area contributed by atoms with Crippen molar-refractivity contribution in [1.29, 1.82) is 0 Å². The fraction of sp³-hybridized carbons (Fsp3) is 0.122. The van der Waals surface area contributed by atoms with Gasteiger partial charge in [-0.3, -0.25) is 29.3 Å². The number of hydrogen-bond acceptors (Lipinski definition) is 7. The number of rotatable bonds is 7. The molecule has 1 aliphatic heterocycles. The molecule has 2 fully saturated rings. The van der Waals surface area contributed by atoms with Gasteiger partial charge in [0.25, 0.3) is 0 Å². The van der Waals surface area contributed by atoms with Gasteiger partial charge in [0, 0.05) is 23.0 Å². The molecule has 1 saturated heterocycles. The summed E-state index contributed by atoms with van der Waals surface area (Å²) >= 11 is 12.8. The molecule has 0 spiro atoms. The largest absolute Gasteiger partial charge is 0.419 e. The highest BCUT2D eigenvalue weighted by Crippen LogP contribution is 2.74. The minimum absolute atomic E-state index is 0.0983. The maximum absolute atomic E-state index is 16.0. The molecule has 0 N–H and O–H groups in total. The molecule has 0 unspecified atom stereocenters. The summed E-state index contributed by atoms with van der Waals surface area (Å²) in [7, 11) is 0. The molecule has 11 heteroatoms. The van der Waals surface area contributed by atoms with Gasteiger partial charge in [0.05, 0.1) is 33.3 Å². The summed E-state index contributed by atoms with van der Waals surface area (Å²) in [6.07, 6.45) is 0. The zero-order valence-electron chi connectivity index (χ0n) is 27.3. The summed E-state index contributed by atoms with van der Waals surface area (Å²) in [5, 5.41) is 13.0. The summed E-state index contributed by atoms with van der Waals surface area (Å²) in [6.45, 7) is 1.10. The number of imide groups is 1. The van der Waals surface area contributed by atoms with E-state index in [9.17, 15) is 14.9 Å². The molecule has 4 atom stereocenters. The predicted octanol–water partition coefficient (Wildman–Crippen LogP) is 8.02. The maximum Gasteiger partial charge on any atom is 0.313 e. The van der Waals surface area contributed by atoms with Crippen LogP contribution in [0.2, 0.25) is 10.0 Å². The van der Waals surface area contributed by atoms with E-state index in [-0.39, 0.29) is 17.2 Å². The number of Topliss-reactive ketones (excluding diaryl/α,β-unsaturated/α-hetero) is 1. The number of allylic oxidation sites excluding steroid dienone is 2. The normalized spacial score (nSPS) is 23.3. The zero-order valence-corrected chi connectivity index (χ0v) is 28.8. The molecule has 2 amide bonds.